The molecule has 0 radical (unpaired) electrons. The highest BCUT2D eigenvalue weighted by Gasteiger charge is 2.64. The van der Waals surface area contributed by atoms with Crippen LogP contribution in [0.15, 0.2) is 42.5 Å². The summed E-state index contributed by atoms with van der Waals surface area (Å²) in [6.45, 7) is 8.55. The molecule has 2 nitrogen and oxygen atoms in total. The largest absolute Gasteiger partial charge is 0.377 e. The lowest BCUT2D eigenvalue weighted by Gasteiger charge is -2.58. The molecule has 6 rings (SSSR count). The first-order valence-corrected chi connectivity index (χ1v) is 13.5. The van der Waals surface area contributed by atoms with Crippen molar-refractivity contribution in [2.75, 3.05) is 0 Å². The Kier molecular flexibility index (Phi) is 5.23. The first-order chi connectivity index (χ1) is 16.3. The summed E-state index contributed by atoms with van der Waals surface area (Å²) in [6.07, 6.45) is 11.3. The quantitative estimate of drug-likeness (QED) is 0.516. The van der Waals surface area contributed by atoms with Gasteiger partial charge in [0.15, 0.2) is 5.78 Å². The van der Waals surface area contributed by atoms with Gasteiger partial charge in [0.2, 0.25) is 0 Å². The molecule has 0 spiro atoms. The molecule has 7 unspecified atom stereocenters. The topological polar surface area (TPSA) is 37.3 Å². The number of benzene rings is 1. The fourth-order valence-electron chi connectivity index (χ4n) is 8.68. The summed E-state index contributed by atoms with van der Waals surface area (Å²) in [7, 11) is 0. The number of hydrogen-bond acceptors (Lipinski definition) is 2. The number of hydrogen-bond donors (Lipinski definition) is 1. The summed E-state index contributed by atoms with van der Waals surface area (Å²) in [5.74, 6) is 9.89. The second-order valence-corrected chi connectivity index (χ2v) is 12.1. The summed E-state index contributed by atoms with van der Waals surface area (Å²) >= 11 is 0. The Bertz CT molecular complexity index is 1110. The number of carbonyl (C=O) groups excluding carboxylic acids is 1. The number of ketones is 1. The number of fused-ring (bicyclic) bond motifs is 5. The third-order valence-electron chi connectivity index (χ3n) is 10.6. The fraction of sp³-hybridized carbons (Fsp3) is 0.594. The standard InChI is InChI=1S/C32H38O2/c1-4-16-32(34)17-15-29-27-13-11-24-18-25(33)12-14-26(24)30(27)28(19-31(29,32)3)23-9-7-22(8-10-23)20(2)21-5-6-21/h7-10,18,21,26-30,34H,2,5-6,11-15,17,19H2,1,3H3. The molecule has 0 bridgehead atoms. The van der Waals surface area contributed by atoms with Crippen molar-refractivity contribution in [3.05, 3.63) is 53.6 Å². The monoisotopic (exact) mass is 454 g/mol. The lowest BCUT2D eigenvalue weighted by atomic mass is 9.46. The van der Waals surface area contributed by atoms with Gasteiger partial charge in [-0.15, -0.1) is 5.92 Å². The second kappa shape index (κ2) is 7.96. The van der Waals surface area contributed by atoms with Crippen LogP contribution in [-0.2, 0) is 4.79 Å². The Morgan fingerprint density at radius 3 is 2.53 bits per heavy atom. The molecule has 0 aliphatic heterocycles. The Morgan fingerprint density at radius 2 is 1.82 bits per heavy atom. The zero-order chi connectivity index (χ0) is 23.7. The summed E-state index contributed by atoms with van der Waals surface area (Å²) in [5.41, 5.74) is 4.30. The van der Waals surface area contributed by atoms with Crippen LogP contribution in [0.1, 0.15) is 88.7 Å². The fourth-order valence-corrected chi connectivity index (χ4v) is 8.68. The summed E-state index contributed by atoms with van der Waals surface area (Å²) in [5, 5.41) is 11.8. The molecule has 1 N–H and O–H groups in total. The van der Waals surface area contributed by atoms with E-state index in [2.05, 4.69) is 49.6 Å². The van der Waals surface area contributed by atoms with Gasteiger partial charge in [0, 0.05) is 11.8 Å². The SMILES string of the molecule is C=C(c1ccc(C2CC3(C)C(CCC3(O)C#CC)C3CCC4=CC(=O)CCC4C23)cc1)C1CC1. The molecule has 4 saturated carbocycles. The van der Waals surface area contributed by atoms with Crippen LogP contribution in [0.2, 0.25) is 0 Å². The van der Waals surface area contributed by atoms with Crippen LogP contribution in [0.4, 0.5) is 0 Å². The minimum absolute atomic E-state index is 0.191. The molecule has 2 heteroatoms. The molecule has 7 atom stereocenters. The van der Waals surface area contributed by atoms with E-state index in [0.717, 1.165) is 38.5 Å². The van der Waals surface area contributed by atoms with Crippen LogP contribution in [0, 0.1) is 46.8 Å². The molecular weight excluding hydrogens is 416 g/mol. The zero-order valence-corrected chi connectivity index (χ0v) is 20.8. The van der Waals surface area contributed by atoms with E-state index in [1.54, 1.807) is 0 Å². The number of aliphatic hydroxyl groups is 1. The van der Waals surface area contributed by atoms with Crippen molar-refractivity contribution in [2.24, 2.45) is 35.0 Å². The van der Waals surface area contributed by atoms with Gasteiger partial charge in [-0.05, 0) is 117 Å². The number of allylic oxidation sites excluding steroid dienone is 2. The van der Waals surface area contributed by atoms with E-state index in [1.165, 1.54) is 35.1 Å². The molecule has 0 saturated heterocycles. The van der Waals surface area contributed by atoms with Crippen molar-refractivity contribution >= 4 is 11.4 Å². The third-order valence-corrected chi connectivity index (χ3v) is 10.6. The van der Waals surface area contributed by atoms with E-state index in [1.807, 2.05) is 13.0 Å². The van der Waals surface area contributed by atoms with Crippen molar-refractivity contribution < 1.29 is 9.90 Å². The number of rotatable bonds is 3. The first kappa shape index (κ1) is 22.4. The van der Waals surface area contributed by atoms with Crippen LogP contribution in [0.3, 0.4) is 0 Å². The maximum absolute atomic E-state index is 12.2. The van der Waals surface area contributed by atoms with Crippen LogP contribution < -0.4 is 0 Å². The van der Waals surface area contributed by atoms with E-state index in [9.17, 15) is 9.90 Å². The normalized spacial score (nSPS) is 40.9. The summed E-state index contributed by atoms with van der Waals surface area (Å²) < 4.78 is 0. The van der Waals surface area contributed by atoms with Gasteiger partial charge in [0.25, 0.3) is 0 Å². The zero-order valence-electron chi connectivity index (χ0n) is 20.8. The molecule has 0 heterocycles. The highest BCUT2D eigenvalue weighted by molar-refractivity contribution is 5.91. The van der Waals surface area contributed by atoms with E-state index in [-0.39, 0.29) is 5.41 Å². The van der Waals surface area contributed by atoms with Crippen molar-refractivity contribution in [2.45, 2.75) is 83.2 Å². The lowest BCUT2D eigenvalue weighted by molar-refractivity contribution is -0.117. The molecule has 1 aromatic carbocycles. The summed E-state index contributed by atoms with van der Waals surface area (Å²) in [4.78, 5) is 12.2. The molecule has 4 fully saturated rings. The van der Waals surface area contributed by atoms with Gasteiger partial charge in [0.1, 0.15) is 5.60 Å². The lowest BCUT2D eigenvalue weighted by Crippen LogP contribution is -2.54. The molecule has 5 aliphatic carbocycles. The Morgan fingerprint density at radius 1 is 1.06 bits per heavy atom. The maximum Gasteiger partial charge on any atom is 0.155 e. The van der Waals surface area contributed by atoms with Gasteiger partial charge >= 0.3 is 0 Å². The van der Waals surface area contributed by atoms with Crippen molar-refractivity contribution in [3.8, 4) is 11.8 Å². The Labute approximate surface area is 204 Å². The molecular formula is C32H38O2. The Hall–Kier alpha value is -2.11. The predicted octanol–water partition coefficient (Wildman–Crippen LogP) is 6.70. The van der Waals surface area contributed by atoms with Gasteiger partial charge < -0.3 is 5.11 Å². The molecule has 0 amide bonds. The van der Waals surface area contributed by atoms with Crippen LogP contribution in [0.25, 0.3) is 5.57 Å². The van der Waals surface area contributed by atoms with Gasteiger partial charge in [-0.3, -0.25) is 4.79 Å². The third kappa shape index (κ3) is 3.30. The van der Waals surface area contributed by atoms with Crippen LogP contribution in [-0.4, -0.2) is 16.5 Å². The molecule has 34 heavy (non-hydrogen) atoms. The Balaban J connectivity index is 1.42. The molecule has 1 aromatic rings. The second-order valence-electron chi connectivity index (χ2n) is 12.1. The average Bonchev–Trinajstić information content (AvgIpc) is 3.64. The number of carbonyl (C=O) groups is 1. The predicted molar refractivity (Wildman–Crippen MR) is 137 cm³/mol. The molecule has 0 aromatic heterocycles. The van der Waals surface area contributed by atoms with Crippen LogP contribution in [0.5, 0.6) is 0 Å². The highest BCUT2D eigenvalue weighted by Crippen LogP contribution is 2.68. The first-order valence-electron chi connectivity index (χ1n) is 13.5. The minimum Gasteiger partial charge on any atom is -0.377 e. The van der Waals surface area contributed by atoms with Gasteiger partial charge in [-0.1, -0.05) is 49.3 Å². The molecule has 5 aliphatic rings. The minimum atomic E-state index is -0.894. The highest BCUT2D eigenvalue weighted by atomic mass is 16.3. The van der Waals surface area contributed by atoms with E-state index in [4.69, 9.17) is 0 Å². The smallest absolute Gasteiger partial charge is 0.155 e. The van der Waals surface area contributed by atoms with Gasteiger partial charge in [-0.25, -0.2) is 0 Å². The van der Waals surface area contributed by atoms with Crippen molar-refractivity contribution in [1.82, 2.24) is 0 Å². The maximum atomic E-state index is 12.2. The summed E-state index contributed by atoms with van der Waals surface area (Å²) in [6, 6.07) is 9.27. The average molecular weight is 455 g/mol. The van der Waals surface area contributed by atoms with E-state index >= 15 is 0 Å². The van der Waals surface area contributed by atoms with Gasteiger partial charge in [-0.2, -0.15) is 0 Å². The van der Waals surface area contributed by atoms with Crippen LogP contribution >= 0.6 is 0 Å². The molecule has 178 valence electrons. The van der Waals surface area contributed by atoms with E-state index in [0.29, 0.717) is 47.7 Å². The van der Waals surface area contributed by atoms with Crippen molar-refractivity contribution in [3.63, 3.8) is 0 Å². The van der Waals surface area contributed by atoms with Crippen molar-refractivity contribution in [1.29, 1.82) is 0 Å². The van der Waals surface area contributed by atoms with Gasteiger partial charge in [0.05, 0.1) is 0 Å². The van der Waals surface area contributed by atoms with E-state index < -0.39 is 5.60 Å².